The summed E-state index contributed by atoms with van der Waals surface area (Å²) in [5.41, 5.74) is 1.78. The third kappa shape index (κ3) is 3.83. The summed E-state index contributed by atoms with van der Waals surface area (Å²) in [7, 11) is 0. The largest absolute Gasteiger partial charge is 0.444 e. The van der Waals surface area contributed by atoms with Gasteiger partial charge in [0.05, 0.1) is 0 Å². The molecule has 0 bridgehead atoms. The molecule has 0 saturated carbocycles. The molecular formula is C14H29N3O2. The maximum absolute atomic E-state index is 12.5. The molecule has 1 heterocycles. The van der Waals surface area contributed by atoms with Gasteiger partial charge in [-0.1, -0.05) is 0 Å². The molecule has 1 fully saturated rings. The number of carbonyl (C=O) groups excluding carboxylic acids is 1. The highest BCUT2D eigenvalue weighted by molar-refractivity contribution is 5.70. The minimum Gasteiger partial charge on any atom is -0.444 e. The van der Waals surface area contributed by atoms with Crippen molar-refractivity contribution < 1.29 is 9.53 Å². The van der Waals surface area contributed by atoms with Gasteiger partial charge in [-0.25, -0.2) is 4.79 Å². The van der Waals surface area contributed by atoms with E-state index in [-0.39, 0.29) is 23.2 Å². The minimum atomic E-state index is -0.480. The summed E-state index contributed by atoms with van der Waals surface area (Å²) in [5, 5.41) is 0. The van der Waals surface area contributed by atoms with Crippen molar-refractivity contribution in [1.29, 1.82) is 0 Å². The first-order valence-electron chi connectivity index (χ1n) is 6.88. The fraction of sp³-hybridized carbons (Fsp3) is 0.929. The van der Waals surface area contributed by atoms with E-state index in [4.69, 9.17) is 10.6 Å². The first kappa shape index (κ1) is 16.2. The van der Waals surface area contributed by atoms with Crippen LogP contribution in [0.4, 0.5) is 4.79 Å². The van der Waals surface area contributed by atoms with Gasteiger partial charge < -0.3 is 4.74 Å². The normalized spacial score (nSPS) is 23.3. The molecule has 5 heteroatoms. The Hall–Kier alpha value is -0.810. The van der Waals surface area contributed by atoms with Crippen molar-refractivity contribution in [2.45, 2.75) is 84.0 Å². The topological polar surface area (TPSA) is 67.6 Å². The number of piperidine rings is 1. The number of nitrogens with two attached hydrogens (primary N) is 1. The van der Waals surface area contributed by atoms with Crippen LogP contribution in [0.2, 0.25) is 0 Å². The van der Waals surface area contributed by atoms with Gasteiger partial charge in [0.1, 0.15) is 5.60 Å². The van der Waals surface area contributed by atoms with Crippen molar-refractivity contribution in [1.82, 2.24) is 10.3 Å². The van der Waals surface area contributed by atoms with Crippen LogP contribution in [0, 0.1) is 0 Å². The number of hydrogen-bond acceptors (Lipinski definition) is 4. The Morgan fingerprint density at radius 1 is 1.21 bits per heavy atom. The number of carbonyl (C=O) groups is 1. The number of nitrogens with one attached hydrogen (secondary N) is 1. The maximum Gasteiger partial charge on any atom is 0.411 e. The van der Waals surface area contributed by atoms with Crippen LogP contribution >= 0.6 is 0 Å². The van der Waals surface area contributed by atoms with Gasteiger partial charge >= 0.3 is 6.09 Å². The number of hydrogen-bond donors (Lipinski definition) is 2. The van der Waals surface area contributed by atoms with E-state index in [0.29, 0.717) is 0 Å². The lowest BCUT2D eigenvalue weighted by Crippen LogP contribution is -2.66. The third-order valence-corrected chi connectivity index (χ3v) is 3.51. The molecule has 5 nitrogen and oxygen atoms in total. The van der Waals surface area contributed by atoms with Crippen molar-refractivity contribution in [3.05, 3.63) is 0 Å². The average Bonchev–Trinajstić information content (AvgIpc) is 2.09. The molecule has 1 aliphatic heterocycles. The van der Waals surface area contributed by atoms with E-state index in [9.17, 15) is 4.79 Å². The Kier molecular flexibility index (Phi) is 4.23. The van der Waals surface area contributed by atoms with Crippen LogP contribution in [0.1, 0.15) is 61.3 Å². The van der Waals surface area contributed by atoms with E-state index in [2.05, 4.69) is 33.1 Å². The molecule has 0 unspecified atom stereocenters. The fourth-order valence-corrected chi connectivity index (χ4v) is 3.20. The van der Waals surface area contributed by atoms with Gasteiger partial charge in [0.2, 0.25) is 0 Å². The Bertz CT molecular complexity index is 327. The monoisotopic (exact) mass is 271 g/mol. The van der Waals surface area contributed by atoms with Crippen molar-refractivity contribution >= 4 is 6.09 Å². The highest BCUT2D eigenvalue weighted by Crippen LogP contribution is 2.39. The zero-order valence-corrected chi connectivity index (χ0v) is 13.3. The number of nitrogens with zero attached hydrogens (tertiary/aromatic N) is 1. The minimum absolute atomic E-state index is 0.212. The van der Waals surface area contributed by atoms with Crippen LogP contribution < -0.4 is 11.3 Å². The SMILES string of the molecule is CC(C)(C)OC(=O)N1C(C)(C)CC(NN)CC1(C)C. The molecule has 1 saturated heterocycles. The van der Waals surface area contributed by atoms with E-state index in [1.165, 1.54) is 0 Å². The quantitative estimate of drug-likeness (QED) is 0.567. The molecule has 0 radical (unpaired) electrons. The summed E-state index contributed by atoms with van der Waals surface area (Å²) in [5.74, 6) is 5.58. The second-order valence-corrected chi connectivity index (χ2v) is 7.71. The summed E-state index contributed by atoms with van der Waals surface area (Å²) in [6, 6.07) is 0.212. The van der Waals surface area contributed by atoms with Crippen LogP contribution in [0.3, 0.4) is 0 Å². The summed E-state index contributed by atoms with van der Waals surface area (Å²) >= 11 is 0. The summed E-state index contributed by atoms with van der Waals surface area (Å²) in [6.45, 7) is 13.9. The first-order valence-corrected chi connectivity index (χ1v) is 6.88. The molecule has 1 rings (SSSR count). The molecule has 1 aliphatic rings. The summed E-state index contributed by atoms with van der Waals surface area (Å²) < 4.78 is 5.55. The Morgan fingerprint density at radius 3 is 1.95 bits per heavy atom. The standard InChI is InChI=1S/C14H29N3O2/c1-12(2,3)19-11(18)17-13(4,5)8-10(16-15)9-14(17,6)7/h10,16H,8-9,15H2,1-7H3. The predicted molar refractivity (Wildman–Crippen MR) is 76.6 cm³/mol. The molecule has 3 N–H and O–H groups in total. The van der Waals surface area contributed by atoms with Gasteiger partial charge in [-0.05, 0) is 61.3 Å². The lowest BCUT2D eigenvalue weighted by molar-refractivity contribution is -0.0583. The van der Waals surface area contributed by atoms with Crippen LogP contribution in [0.25, 0.3) is 0 Å². The van der Waals surface area contributed by atoms with E-state index >= 15 is 0 Å². The Morgan fingerprint density at radius 2 is 1.63 bits per heavy atom. The lowest BCUT2D eigenvalue weighted by Gasteiger charge is -2.54. The van der Waals surface area contributed by atoms with Gasteiger partial charge in [-0.3, -0.25) is 16.2 Å². The zero-order valence-electron chi connectivity index (χ0n) is 13.3. The highest BCUT2D eigenvalue weighted by atomic mass is 16.6. The molecule has 0 aromatic rings. The number of hydrazine groups is 1. The van der Waals surface area contributed by atoms with E-state index in [1.54, 1.807) is 0 Å². The predicted octanol–water partition coefficient (Wildman–Crippen LogP) is 2.41. The number of rotatable bonds is 1. The van der Waals surface area contributed by atoms with Crippen molar-refractivity contribution in [3.8, 4) is 0 Å². The second-order valence-electron chi connectivity index (χ2n) is 7.71. The van der Waals surface area contributed by atoms with Gasteiger partial charge in [-0.2, -0.15) is 0 Å². The zero-order chi connectivity index (χ0) is 15.1. The number of likely N-dealkylation sites (tertiary alicyclic amines) is 1. The van der Waals surface area contributed by atoms with Crippen LogP contribution in [0.15, 0.2) is 0 Å². The van der Waals surface area contributed by atoms with E-state index < -0.39 is 5.60 Å². The highest BCUT2D eigenvalue weighted by Gasteiger charge is 2.49. The van der Waals surface area contributed by atoms with Crippen LogP contribution in [-0.4, -0.2) is 33.7 Å². The molecule has 0 atom stereocenters. The number of ether oxygens (including phenoxy) is 1. The number of amides is 1. The Labute approximate surface area is 116 Å². The third-order valence-electron chi connectivity index (χ3n) is 3.51. The molecule has 0 spiro atoms. The molecule has 1 amide bonds. The molecule has 19 heavy (non-hydrogen) atoms. The van der Waals surface area contributed by atoms with Crippen LogP contribution in [0.5, 0.6) is 0 Å². The maximum atomic E-state index is 12.5. The smallest absolute Gasteiger partial charge is 0.411 e. The van der Waals surface area contributed by atoms with Gasteiger partial charge in [0, 0.05) is 17.1 Å². The lowest BCUT2D eigenvalue weighted by atomic mass is 9.77. The van der Waals surface area contributed by atoms with Crippen molar-refractivity contribution in [2.75, 3.05) is 0 Å². The van der Waals surface area contributed by atoms with Gasteiger partial charge in [0.25, 0.3) is 0 Å². The summed E-state index contributed by atoms with van der Waals surface area (Å²) in [4.78, 5) is 14.4. The molecule has 0 aromatic carbocycles. The molecule has 0 aromatic heterocycles. The average molecular weight is 271 g/mol. The molecule has 0 aliphatic carbocycles. The van der Waals surface area contributed by atoms with Crippen LogP contribution in [-0.2, 0) is 4.74 Å². The van der Waals surface area contributed by atoms with Gasteiger partial charge in [-0.15, -0.1) is 0 Å². The Balaban J connectivity index is 3.00. The molecule has 112 valence electrons. The van der Waals surface area contributed by atoms with E-state index in [1.807, 2.05) is 25.7 Å². The van der Waals surface area contributed by atoms with E-state index in [0.717, 1.165) is 12.8 Å². The molecular weight excluding hydrogens is 242 g/mol. The summed E-state index contributed by atoms with van der Waals surface area (Å²) in [6.07, 6.45) is 1.37. The van der Waals surface area contributed by atoms with Crippen molar-refractivity contribution in [3.63, 3.8) is 0 Å². The van der Waals surface area contributed by atoms with Gasteiger partial charge in [0.15, 0.2) is 0 Å². The van der Waals surface area contributed by atoms with Crippen molar-refractivity contribution in [2.24, 2.45) is 5.84 Å². The first-order chi connectivity index (χ1) is 8.39. The fourth-order valence-electron chi connectivity index (χ4n) is 3.20. The second kappa shape index (κ2) is 4.94.